The van der Waals surface area contributed by atoms with Crippen LogP contribution in [-0.2, 0) is 0 Å². The van der Waals surface area contributed by atoms with Gasteiger partial charge >= 0.3 is 0 Å². The van der Waals surface area contributed by atoms with Gasteiger partial charge in [0.1, 0.15) is 11.2 Å². The fourth-order valence-corrected chi connectivity index (χ4v) is 9.02. The Morgan fingerprint density at radius 3 is 1.25 bits per heavy atom. The molecule has 12 rings (SSSR count). The van der Waals surface area contributed by atoms with Crippen molar-refractivity contribution >= 4 is 54.3 Å². The van der Waals surface area contributed by atoms with Gasteiger partial charge in [0.25, 0.3) is 0 Å². The molecule has 0 amide bonds. The van der Waals surface area contributed by atoms with Crippen molar-refractivity contribution in [3.8, 4) is 67.5 Å². The van der Waals surface area contributed by atoms with Crippen molar-refractivity contribution in [1.29, 1.82) is 0 Å². The van der Waals surface area contributed by atoms with E-state index in [9.17, 15) is 0 Å². The topological polar surface area (TPSA) is 51.8 Å². The van der Waals surface area contributed by atoms with Crippen LogP contribution >= 0.6 is 0 Å². The second-order valence-corrected chi connectivity index (χ2v) is 15.5. The quantitative estimate of drug-likeness (QED) is 0.158. The van der Waals surface area contributed by atoms with Gasteiger partial charge in [0.15, 0.2) is 17.5 Å². The molecule has 0 aliphatic carbocycles. The van der Waals surface area contributed by atoms with E-state index in [4.69, 9.17) is 19.4 Å². The third-order valence-electron chi connectivity index (χ3n) is 11.9. The van der Waals surface area contributed by atoms with E-state index >= 15 is 0 Å². The van der Waals surface area contributed by atoms with Crippen LogP contribution < -0.4 is 0 Å². The molecule has 284 valence electrons. The zero-order valence-electron chi connectivity index (χ0n) is 33.0. The van der Waals surface area contributed by atoms with Crippen LogP contribution in [0.15, 0.2) is 217 Å². The molecule has 2 heterocycles. The lowest BCUT2D eigenvalue weighted by molar-refractivity contribution is 0.673. The smallest absolute Gasteiger partial charge is 0.164 e. The lowest BCUT2D eigenvalue weighted by Gasteiger charge is -2.14. The van der Waals surface area contributed by atoms with Crippen LogP contribution in [0.1, 0.15) is 0 Å². The Labute approximate surface area is 352 Å². The highest BCUT2D eigenvalue weighted by molar-refractivity contribution is 6.34. The molecule has 61 heavy (non-hydrogen) atoms. The number of fused-ring (bicyclic) bond motifs is 10. The van der Waals surface area contributed by atoms with Crippen molar-refractivity contribution in [2.24, 2.45) is 0 Å². The molecular weight excluding hydrogens is 743 g/mol. The van der Waals surface area contributed by atoms with Crippen LogP contribution in [0, 0.1) is 0 Å². The molecule has 0 aliphatic heterocycles. The Bertz CT molecular complexity index is 3590. The number of nitrogens with zero attached hydrogens (tertiary/aromatic N) is 3. The standard InChI is InChI=1S/C57H35N3O/c1-3-16-36(17-4-1)55-58-56(37-18-5-2-6-19-37)60-57(59-55)43-25-15-23-41(34-43)39-21-13-20-38(32-39)40-22-14-24-42(33-40)49-35-50-46-28-8-7-26-44(46)45-27-9-10-29-47(45)52(50)54-53(49)48-30-11-12-31-51(48)61-54/h1-35H. The first-order valence-electron chi connectivity index (χ1n) is 20.6. The van der Waals surface area contributed by atoms with Gasteiger partial charge in [-0.25, -0.2) is 15.0 Å². The van der Waals surface area contributed by atoms with Crippen molar-refractivity contribution in [3.05, 3.63) is 212 Å². The minimum Gasteiger partial charge on any atom is -0.455 e. The normalized spacial score (nSPS) is 11.6. The van der Waals surface area contributed by atoms with E-state index in [-0.39, 0.29) is 0 Å². The maximum absolute atomic E-state index is 6.85. The van der Waals surface area contributed by atoms with E-state index in [0.717, 1.165) is 77.4 Å². The number of hydrogen-bond acceptors (Lipinski definition) is 4. The average molecular weight is 778 g/mol. The summed E-state index contributed by atoms with van der Waals surface area (Å²) in [5.41, 5.74) is 11.4. The Morgan fingerprint density at radius 1 is 0.262 bits per heavy atom. The molecule has 0 unspecified atom stereocenters. The van der Waals surface area contributed by atoms with Gasteiger partial charge in [0.05, 0.1) is 0 Å². The predicted molar refractivity (Wildman–Crippen MR) is 252 cm³/mol. The first-order valence-corrected chi connectivity index (χ1v) is 20.6. The highest BCUT2D eigenvalue weighted by atomic mass is 16.3. The summed E-state index contributed by atoms with van der Waals surface area (Å²) in [6, 6.07) is 74.6. The van der Waals surface area contributed by atoms with Gasteiger partial charge in [-0.1, -0.05) is 182 Å². The molecule has 0 saturated heterocycles. The summed E-state index contributed by atoms with van der Waals surface area (Å²) in [4.78, 5) is 14.9. The van der Waals surface area contributed by atoms with E-state index in [1.807, 2.05) is 60.7 Å². The first-order chi connectivity index (χ1) is 30.2. The van der Waals surface area contributed by atoms with E-state index < -0.39 is 0 Å². The van der Waals surface area contributed by atoms with Crippen molar-refractivity contribution in [2.45, 2.75) is 0 Å². The molecule has 0 fully saturated rings. The molecule has 0 spiro atoms. The Morgan fingerprint density at radius 2 is 0.656 bits per heavy atom. The minimum absolute atomic E-state index is 0.632. The highest BCUT2D eigenvalue weighted by Crippen LogP contribution is 2.46. The third kappa shape index (κ3) is 5.96. The number of para-hydroxylation sites is 1. The summed E-state index contributed by atoms with van der Waals surface area (Å²) in [5, 5.41) is 9.48. The van der Waals surface area contributed by atoms with Crippen LogP contribution in [0.5, 0.6) is 0 Å². The molecule has 4 heteroatoms. The fourth-order valence-electron chi connectivity index (χ4n) is 9.02. The minimum atomic E-state index is 0.632. The molecule has 0 atom stereocenters. The van der Waals surface area contributed by atoms with Crippen molar-refractivity contribution in [2.75, 3.05) is 0 Å². The highest BCUT2D eigenvalue weighted by Gasteiger charge is 2.21. The van der Waals surface area contributed by atoms with Crippen molar-refractivity contribution in [1.82, 2.24) is 15.0 Å². The Kier molecular flexibility index (Phi) is 8.13. The summed E-state index contributed by atoms with van der Waals surface area (Å²) in [6.07, 6.45) is 0. The monoisotopic (exact) mass is 777 g/mol. The summed E-state index contributed by atoms with van der Waals surface area (Å²) in [7, 11) is 0. The van der Waals surface area contributed by atoms with Gasteiger partial charge in [-0.2, -0.15) is 0 Å². The largest absolute Gasteiger partial charge is 0.455 e. The van der Waals surface area contributed by atoms with E-state index in [0.29, 0.717) is 17.5 Å². The van der Waals surface area contributed by atoms with Crippen LogP contribution in [-0.4, -0.2) is 15.0 Å². The second-order valence-electron chi connectivity index (χ2n) is 15.5. The van der Waals surface area contributed by atoms with Crippen LogP contribution in [0.4, 0.5) is 0 Å². The van der Waals surface area contributed by atoms with Crippen molar-refractivity contribution in [3.63, 3.8) is 0 Å². The number of rotatable bonds is 6. The van der Waals surface area contributed by atoms with Crippen LogP contribution in [0.3, 0.4) is 0 Å². The van der Waals surface area contributed by atoms with E-state index in [1.54, 1.807) is 0 Å². The van der Waals surface area contributed by atoms with Gasteiger partial charge in [-0.3, -0.25) is 0 Å². The molecule has 10 aromatic carbocycles. The maximum Gasteiger partial charge on any atom is 0.164 e. The number of furan rings is 1. The van der Waals surface area contributed by atoms with Crippen molar-refractivity contribution < 1.29 is 4.42 Å². The molecule has 0 saturated carbocycles. The molecule has 0 bridgehead atoms. The lowest BCUT2D eigenvalue weighted by Crippen LogP contribution is -2.00. The van der Waals surface area contributed by atoms with Crippen LogP contribution in [0.25, 0.3) is 122 Å². The van der Waals surface area contributed by atoms with Gasteiger partial charge in [-0.15, -0.1) is 0 Å². The summed E-state index contributed by atoms with van der Waals surface area (Å²) >= 11 is 0. The SMILES string of the molecule is c1ccc(-c2nc(-c3ccccc3)nc(-c3cccc(-c4cccc(-c5cccc(-c6cc7c8ccccc8c8ccccc8c7c7oc8ccccc8c67)c5)c4)c3)n2)cc1. The molecule has 2 aromatic heterocycles. The molecule has 0 N–H and O–H groups in total. The number of aromatic nitrogens is 3. The number of benzene rings is 10. The third-order valence-corrected chi connectivity index (χ3v) is 11.9. The maximum atomic E-state index is 6.85. The zero-order valence-corrected chi connectivity index (χ0v) is 33.0. The summed E-state index contributed by atoms with van der Waals surface area (Å²) < 4.78 is 6.85. The lowest BCUT2D eigenvalue weighted by atomic mass is 9.88. The molecule has 0 aliphatic rings. The van der Waals surface area contributed by atoms with E-state index in [1.165, 1.54) is 26.9 Å². The zero-order chi connectivity index (χ0) is 40.3. The Balaban J connectivity index is 0.983. The second kappa shape index (κ2) is 14.3. The van der Waals surface area contributed by atoms with E-state index in [2.05, 4.69) is 152 Å². The molecule has 4 nitrogen and oxygen atoms in total. The molecule has 0 radical (unpaired) electrons. The van der Waals surface area contributed by atoms with Crippen LogP contribution in [0.2, 0.25) is 0 Å². The van der Waals surface area contributed by atoms with Gasteiger partial charge < -0.3 is 4.42 Å². The number of hydrogen-bond donors (Lipinski definition) is 0. The summed E-state index contributed by atoms with van der Waals surface area (Å²) in [6.45, 7) is 0. The fraction of sp³-hybridized carbons (Fsp3) is 0. The molecular formula is C57H35N3O. The van der Waals surface area contributed by atoms with Gasteiger partial charge in [-0.05, 0) is 90.6 Å². The average Bonchev–Trinajstić information content (AvgIpc) is 3.74. The van der Waals surface area contributed by atoms with Gasteiger partial charge in [0.2, 0.25) is 0 Å². The molecule has 12 aromatic rings. The first kappa shape index (κ1) is 34.8. The summed E-state index contributed by atoms with van der Waals surface area (Å²) in [5.74, 6) is 1.92. The predicted octanol–water partition coefficient (Wildman–Crippen LogP) is 15.2. The van der Waals surface area contributed by atoms with Gasteiger partial charge in [0, 0.05) is 32.8 Å². The Hall–Kier alpha value is -8.21.